The number of aromatic nitrogens is 4. The molecule has 0 saturated carbocycles. The molecule has 3 aromatic rings. The van der Waals surface area contributed by atoms with Crippen molar-refractivity contribution in [1.29, 1.82) is 0 Å². The van der Waals surface area contributed by atoms with Crippen molar-refractivity contribution in [1.82, 2.24) is 25.9 Å². The zero-order valence-corrected chi connectivity index (χ0v) is 14.7. The third-order valence-electron chi connectivity index (χ3n) is 4.24. The quantitative estimate of drug-likeness (QED) is 0.605. The van der Waals surface area contributed by atoms with Gasteiger partial charge in [0.05, 0.1) is 0 Å². The molecule has 1 heterocycles. The third-order valence-corrected chi connectivity index (χ3v) is 4.24. The number of tetrazole rings is 1. The molecule has 0 amide bonds. The fourth-order valence-electron chi connectivity index (χ4n) is 2.84. The van der Waals surface area contributed by atoms with E-state index in [0.717, 1.165) is 22.3 Å². The van der Waals surface area contributed by atoms with E-state index in [9.17, 15) is 9.90 Å². The van der Waals surface area contributed by atoms with Crippen LogP contribution >= 0.6 is 0 Å². The highest BCUT2D eigenvalue weighted by Crippen LogP contribution is 2.29. The van der Waals surface area contributed by atoms with E-state index in [1.54, 1.807) is 0 Å². The highest BCUT2D eigenvalue weighted by molar-refractivity contribution is 5.80. The van der Waals surface area contributed by atoms with Crippen LogP contribution in [0.5, 0.6) is 0 Å². The fourth-order valence-corrected chi connectivity index (χ4v) is 2.84. The predicted molar refractivity (Wildman–Crippen MR) is 98.2 cm³/mol. The lowest BCUT2D eigenvalue weighted by molar-refractivity contribution is -0.140. The monoisotopic (exact) mass is 351 g/mol. The van der Waals surface area contributed by atoms with Gasteiger partial charge in [0.1, 0.15) is 6.04 Å². The predicted octanol–water partition coefficient (Wildman–Crippen LogP) is 2.73. The van der Waals surface area contributed by atoms with Crippen LogP contribution in [0.2, 0.25) is 0 Å². The van der Waals surface area contributed by atoms with Crippen molar-refractivity contribution in [2.24, 2.45) is 5.92 Å². The van der Waals surface area contributed by atoms with Crippen molar-refractivity contribution in [2.75, 3.05) is 0 Å². The number of carboxylic acid groups (broad SMARTS) is 1. The number of aliphatic carboxylic acids is 1. The Morgan fingerprint density at radius 3 is 2.38 bits per heavy atom. The molecule has 7 nitrogen and oxygen atoms in total. The Hall–Kier alpha value is -3.06. The van der Waals surface area contributed by atoms with Crippen LogP contribution in [-0.4, -0.2) is 37.7 Å². The maximum Gasteiger partial charge on any atom is 0.320 e. The average molecular weight is 351 g/mol. The van der Waals surface area contributed by atoms with Gasteiger partial charge in [-0.05, 0) is 27.8 Å². The molecule has 3 rings (SSSR count). The maximum atomic E-state index is 11.3. The molecule has 2 aromatic carbocycles. The Balaban J connectivity index is 1.78. The molecule has 0 radical (unpaired) electrons. The molecule has 0 fully saturated rings. The molecule has 3 N–H and O–H groups in total. The van der Waals surface area contributed by atoms with Gasteiger partial charge < -0.3 is 10.4 Å². The van der Waals surface area contributed by atoms with Gasteiger partial charge in [-0.25, -0.2) is 0 Å². The van der Waals surface area contributed by atoms with E-state index in [0.29, 0.717) is 12.4 Å². The van der Waals surface area contributed by atoms with Gasteiger partial charge in [0, 0.05) is 12.1 Å². The summed E-state index contributed by atoms with van der Waals surface area (Å²) in [5.41, 5.74) is 3.97. The van der Waals surface area contributed by atoms with E-state index >= 15 is 0 Å². The number of rotatable bonds is 7. The lowest BCUT2D eigenvalue weighted by atomic mass is 9.98. The van der Waals surface area contributed by atoms with Crippen LogP contribution in [0, 0.1) is 5.92 Å². The molecule has 0 aliphatic heterocycles. The molecule has 0 unspecified atom stereocenters. The Kier molecular flexibility index (Phi) is 5.38. The van der Waals surface area contributed by atoms with E-state index < -0.39 is 12.0 Å². The molecule has 0 aliphatic rings. The SMILES string of the molecule is CC(C)[C@@H](NCc1ccc(-c2ccccc2-c2nn[nH]n2)cc1)C(=O)O. The van der Waals surface area contributed by atoms with Crippen molar-refractivity contribution in [3.63, 3.8) is 0 Å². The van der Waals surface area contributed by atoms with Gasteiger partial charge in [-0.15, -0.1) is 10.2 Å². The highest BCUT2D eigenvalue weighted by atomic mass is 16.4. The molecule has 0 bridgehead atoms. The smallest absolute Gasteiger partial charge is 0.320 e. The van der Waals surface area contributed by atoms with Crippen molar-refractivity contribution < 1.29 is 9.90 Å². The van der Waals surface area contributed by atoms with Crippen LogP contribution in [-0.2, 0) is 11.3 Å². The summed E-state index contributed by atoms with van der Waals surface area (Å²) in [7, 11) is 0. The Bertz CT molecular complexity index is 860. The number of hydrogen-bond acceptors (Lipinski definition) is 5. The summed E-state index contributed by atoms with van der Waals surface area (Å²) < 4.78 is 0. The number of benzene rings is 2. The number of hydrogen-bond donors (Lipinski definition) is 3. The summed E-state index contributed by atoms with van der Waals surface area (Å²) in [6.45, 7) is 4.29. The number of aromatic amines is 1. The Labute approximate surface area is 151 Å². The average Bonchev–Trinajstić information content (AvgIpc) is 3.16. The van der Waals surface area contributed by atoms with Crippen molar-refractivity contribution in [3.05, 3.63) is 54.1 Å². The van der Waals surface area contributed by atoms with Gasteiger partial charge in [-0.3, -0.25) is 4.79 Å². The normalized spacial score (nSPS) is 12.3. The second-order valence-corrected chi connectivity index (χ2v) is 6.42. The fraction of sp³-hybridized carbons (Fsp3) is 0.263. The van der Waals surface area contributed by atoms with Crippen LogP contribution < -0.4 is 5.32 Å². The molecule has 7 heteroatoms. The summed E-state index contributed by atoms with van der Waals surface area (Å²) in [6.07, 6.45) is 0. The van der Waals surface area contributed by atoms with E-state index in [1.165, 1.54) is 0 Å². The first-order chi connectivity index (χ1) is 12.6. The highest BCUT2D eigenvalue weighted by Gasteiger charge is 2.20. The van der Waals surface area contributed by atoms with Crippen LogP contribution in [0.15, 0.2) is 48.5 Å². The molecule has 26 heavy (non-hydrogen) atoms. The molecule has 1 aromatic heterocycles. The van der Waals surface area contributed by atoms with Crippen LogP contribution in [0.1, 0.15) is 19.4 Å². The summed E-state index contributed by atoms with van der Waals surface area (Å²) in [5, 5.41) is 26.6. The van der Waals surface area contributed by atoms with Gasteiger partial charge >= 0.3 is 5.97 Å². The topological polar surface area (TPSA) is 104 Å². The standard InChI is InChI=1S/C19H21N5O2/c1-12(2)17(19(25)26)20-11-13-7-9-14(10-8-13)15-5-3-4-6-16(15)18-21-23-24-22-18/h3-10,12,17,20H,11H2,1-2H3,(H,25,26)(H,21,22,23,24)/t17-/m1/s1. The van der Waals surface area contributed by atoms with E-state index in [4.69, 9.17) is 0 Å². The molecular weight excluding hydrogens is 330 g/mol. The summed E-state index contributed by atoms with van der Waals surface area (Å²) in [6, 6.07) is 15.3. The van der Waals surface area contributed by atoms with Crippen LogP contribution in [0.3, 0.4) is 0 Å². The minimum Gasteiger partial charge on any atom is -0.480 e. The lowest BCUT2D eigenvalue weighted by Crippen LogP contribution is -2.40. The minimum absolute atomic E-state index is 0.0219. The zero-order chi connectivity index (χ0) is 18.5. The molecule has 134 valence electrons. The zero-order valence-electron chi connectivity index (χ0n) is 14.7. The molecule has 0 aliphatic carbocycles. The molecule has 0 saturated heterocycles. The molecule has 1 atom stereocenters. The second kappa shape index (κ2) is 7.88. The Morgan fingerprint density at radius 2 is 1.81 bits per heavy atom. The molecular formula is C19H21N5O2. The van der Waals surface area contributed by atoms with Gasteiger partial charge in [0.25, 0.3) is 0 Å². The number of carbonyl (C=O) groups is 1. The van der Waals surface area contributed by atoms with Gasteiger partial charge in [0.15, 0.2) is 0 Å². The summed E-state index contributed by atoms with van der Waals surface area (Å²) >= 11 is 0. The van der Waals surface area contributed by atoms with E-state index in [-0.39, 0.29) is 5.92 Å². The Morgan fingerprint density at radius 1 is 1.12 bits per heavy atom. The summed E-state index contributed by atoms with van der Waals surface area (Å²) in [4.78, 5) is 11.3. The summed E-state index contributed by atoms with van der Waals surface area (Å²) in [5.74, 6) is -0.258. The maximum absolute atomic E-state index is 11.3. The minimum atomic E-state index is -0.828. The van der Waals surface area contributed by atoms with Gasteiger partial charge in [-0.2, -0.15) is 5.21 Å². The number of nitrogens with one attached hydrogen (secondary N) is 2. The second-order valence-electron chi connectivity index (χ2n) is 6.42. The van der Waals surface area contributed by atoms with Gasteiger partial charge in [-0.1, -0.05) is 62.4 Å². The van der Waals surface area contributed by atoms with Crippen molar-refractivity contribution in [2.45, 2.75) is 26.4 Å². The number of nitrogens with zero attached hydrogens (tertiary/aromatic N) is 3. The van der Waals surface area contributed by atoms with Crippen LogP contribution in [0.25, 0.3) is 22.5 Å². The molecule has 0 spiro atoms. The van der Waals surface area contributed by atoms with E-state index in [1.807, 2.05) is 62.4 Å². The van der Waals surface area contributed by atoms with E-state index in [2.05, 4.69) is 25.9 Å². The van der Waals surface area contributed by atoms with Gasteiger partial charge in [0.2, 0.25) is 5.82 Å². The van der Waals surface area contributed by atoms with Crippen molar-refractivity contribution in [3.8, 4) is 22.5 Å². The number of H-pyrrole nitrogens is 1. The first-order valence-electron chi connectivity index (χ1n) is 8.44. The largest absolute Gasteiger partial charge is 0.480 e. The first-order valence-corrected chi connectivity index (χ1v) is 8.44. The first kappa shape index (κ1) is 17.8. The number of carboxylic acids is 1. The third kappa shape index (κ3) is 3.94. The van der Waals surface area contributed by atoms with Crippen molar-refractivity contribution >= 4 is 5.97 Å². The lowest BCUT2D eigenvalue weighted by Gasteiger charge is -2.18. The van der Waals surface area contributed by atoms with Crippen LogP contribution in [0.4, 0.5) is 0 Å².